The molecule has 19 heavy (non-hydrogen) atoms. The lowest BCUT2D eigenvalue weighted by Crippen LogP contribution is -2.41. The topological polar surface area (TPSA) is 66.4 Å². The number of halogens is 2. The van der Waals surface area contributed by atoms with Crippen molar-refractivity contribution in [3.63, 3.8) is 0 Å². The van der Waals surface area contributed by atoms with E-state index in [0.29, 0.717) is 6.07 Å². The molecule has 2 N–H and O–H groups in total. The van der Waals surface area contributed by atoms with E-state index in [9.17, 15) is 18.4 Å². The van der Waals surface area contributed by atoms with Crippen LogP contribution < -0.4 is 5.32 Å². The average molecular weight is 271 g/mol. The zero-order valence-corrected chi connectivity index (χ0v) is 10.6. The summed E-state index contributed by atoms with van der Waals surface area (Å²) in [6.07, 6.45) is 0.235. The van der Waals surface area contributed by atoms with E-state index in [1.165, 1.54) is 0 Å². The van der Waals surface area contributed by atoms with Crippen LogP contribution in [0.1, 0.15) is 30.6 Å². The van der Waals surface area contributed by atoms with E-state index in [2.05, 4.69) is 5.32 Å². The average Bonchev–Trinajstić information content (AvgIpc) is 2.25. The van der Waals surface area contributed by atoms with Crippen molar-refractivity contribution < 1.29 is 23.5 Å². The van der Waals surface area contributed by atoms with Gasteiger partial charge in [-0.1, -0.05) is 13.8 Å². The Morgan fingerprint density at radius 2 is 1.74 bits per heavy atom. The molecule has 104 valence electrons. The maximum Gasteiger partial charge on any atom is 0.326 e. The van der Waals surface area contributed by atoms with Crippen LogP contribution >= 0.6 is 0 Å². The highest BCUT2D eigenvalue weighted by Gasteiger charge is 2.22. The van der Waals surface area contributed by atoms with Crippen LogP contribution in [0.2, 0.25) is 0 Å². The van der Waals surface area contributed by atoms with Gasteiger partial charge in [-0.05, 0) is 24.5 Å². The van der Waals surface area contributed by atoms with Crippen molar-refractivity contribution in [2.75, 3.05) is 0 Å². The summed E-state index contributed by atoms with van der Waals surface area (Å²) in [5.41, 5.74) is -0.243. The molecule has 0 unspecified atom stereocenters. The van der Waals surface area contributed by atoms with Gasteiger partial charge in [0.15, 0.2) is 0 Å². The van der Waals surface area contributed by atoms with Gasteiger partial charge >= 0.3 is 5.97 Å². The Hall–Kier alpha value is -1.98. The number of aliphatic carboxylic acids is 1. The zero-order valence-electron chi connectivity index (χ0n) is 10.6. The third-order valence-corrected chi connectivity index (χ3v) is 2.44. The van der Waals surface area contributed by atoms with Gasteiger partial charge in [0.25, 0.3) is 5.91 Å². The number of benzene rings is 1. The number of carbonyl (C=O) groups excluding carboxylic acids is 1. The quantitative estimate of drug-likeness (QED) is 0.862. The highest BCUT2D eigenvalue weighted by molar-refractivity contribution is 5.96. The number of rotatable bonds is 5. The SMILES string of the molecule is CC(C)C[C@H](NC(=O)c1cc(F)cc(F)c1)C(=O)O. The first-order chi connectivity index (χ1) is 8.79. The van der Waals surface area contributed by atoms with Crippen molar-refractivity contribution in [3.8, 4) is 0 Å². The van der Waals surface area contributed by atoms with Gasteiger partial charge in [-0.2, -0.15) is 0 Å². The molecule has 0 radical (unpaired) electrons. The van der Waals surface area contributed by atoms with Crippen LogP contribution in [0.4, 0.5) is 8.78 Å². The van der Waals surface area contributed by atoms with Gasteiger partial charge in [0, 0.05) is 11.6 Å². The highest BCUT2D eigenvalue weighted by Crippen LogP contribution is 2.10. The fraction of sp³-hybridized carbons (Fsp3) is 0.385. The lowest BCUT2D eigenvalue weighted by atomic mass is 10.0. The summed E-state index contributed by atoms with van der Waals surface area (Å²) in [6.45, 7) is 3.62. The Morgan fingerprint density at radius 1 is 1.21 bits per heavy atom. The number of carboxylic acid groups (broad SMARTS) is 1. The van der Waals surface area contributed by atoms with Crippen molar-refractivity contribution in [2.24, 2.45) is 5.92 Å². The number of nitrogens with one attached hydrogen (secondary N) is 1. The smallest absolute Gasteiger partial charge is 0.326 e. The summed E-state index contributed by atoms with van der Waals surface area (Å²) < 4.78 is 25.9. The van der Waals surface area contributed by atoms with Gasteiger partial charge in [-0.3, -0.25) is 4.79 Å². The number of hydrogen-bond donors (Lipinski definition) is 2. The molecule has 0 saturated heterocycles. The molecule has 1 aromatic carbocycles. The van der Waals surface area contributed by atoms with Crippen molar-refractivity contribution in [2.45, 2.75) is 26.3 Å². The molecule has 0 bridgehead atoms. The minimum Gasteiger partial charge on any atom is -0.480 e. The van der Waals surface area contributed by atoms with Crippen LogP contribution in [0, 0.1) is 17.6 Å². The van der Waals surface area contributed by atoms with Crippen LogP contribution in [0.5, 0.6) is 0 Å². The molecule has 0 heterocycles. The predicted octanol–water partition coefficient (Wildman–Crippen LogP) is 2.19. The van der Waals surface area contributed by atoms with E-state index < -0.39 is 29.6 Å². The molecule has 0 spiro atoms. The number of carbonyl (C=O) groups is 2. The van der Waals surface area contributed by atoms with Gasteiger partial charge in [0.05, 0.1) is 0 Å². The first kappa shape index (κ1) is 15.1. The molecule has 0 aromatic heterocycles. The molecule has 0 fully saturated rings. The summed E-state index contributed by atoms with van der Waals surface area (Å²) in [4.78, 5) is 22.7. The summed E-state index contributed by atoms with van der Waals surface area (Å²) in [5.74, 6) is -3.71. The number of hydrogen-bond acceptors (Lipinski definition) is 2. The molecule has 0 aliphatic carbocycles. The minimum absolute atomic E-state index is 0.0608. The molecule has 0 aliphatic heterocycles. The Balaban J connectivity index is 2.84. The van der Waals surface area contributed by atoms with E-state index in [0.717, 1.165) is 12.1 Å². The summed E-state index contributed by atoms with van der Waals surface area (Å²) >= 11 is 0. The fourth-order valence-corrected chi connectivity index (χ4v) is 1.62. The number of amides is 1. The van der Waals surface area contributed by atoms with Crippen LogP contribution in [0.3, 0.4) is 0 Å². The maximum absolute atomic E-state index is 13.0. The zero-order chi connectivity index (χ0) is 14.6. The summed E-state index contributed by atoms with van der Waals surface area (Å²) in [5, 5.41) is 11.2. The second-order valence-corrected chi connectivity index (χ2v) is 4.65. The molecule has 1 aromatic rings. The van der Waals surface area contributed by atoms with Gasteiger partial charge in [0.2, 0.25) is 0 Å². The van der Waals surface area contributed by atoms with Crippen LogP contribution in [0.25, 0.3) is 0 Å². The van der Waals surface area contributed by atoms with Gasteiger partial charge in [-0.25, -0.2) is 13.6 Å². The van der Waals surface area contributed by atoms with Gasteiger partial charge in [0.1, 0.15) is 17.7 Å². The lowest BCUT2D eigenvalue weighted by Gasteiger charge is -2.16. The normalized spacial score (nSPS) is 12.3. The standard InChI is InChI=1S/C13H15F2NO3/c1-7(2)3-11(13(18)19)16-12(17)8-4-9(14)6-10(15)5-8/h4-7,11H,3H2,1-2H3,(H,16,17)(H,18,19)/t11-/m0/s1. The number of carboxylic acids is 1. The first-order valence-corrected chi connectivity index (χ1v) is 5.79. The molecule has 0 saturated carbocycles. The second kappa shape index (κ2) is 6.26. The molecular weight excluding hydrogens is 256 g/mol. The first-order valence-electron chi connectivity index (χ1n) is 5.79. The predicted molar refractivity (Wildman–Crippen MR) is 64.7 cm³/mol. The molecule has 1 atom stereocenters. The Kier molecular flexibility index (Phi) is 4.97. The van der Waals surface area contributed by atoms with E-state index in [1.807, 2.05) is 13.8 Å². The molecule has 0 aliphatic rings. The van der Waals surface area contributed by atoms with E-state index in [4.69, 9.17) is 5.11 Å². The summed E-state index contributed by atoms with van der Waals surface area (Å²) in [6, 6.07) is 1.26. The molecule has 1 amide bonds. The minimum atomic E-state index is -1.18. The van der Waals surface area contributed by atoms with Crippen LogP contribution in [-0.2, 0) is 4.79 Å². The monoisotopic (exact) mass is 271 g/mol. The fourth-order valence-electron chi connectivity index (χ4n) is 1.62. The Bertz CT molecular complexity index is 469. The molecule has 4 nitrogen and oxygen atoms in total. The highest BCUT2D eigenvalue weighted by atomic mass is 19.1. The van der Waals surface area contributed by atoms with Crippen LogP contribution in [0.15, 0.2) is 18.2 Å². The maximum atomic E-state index is 13.0. The molecular formula is C13H15F2NO3. The third kappa shape index (κ3) is 4.65. The second-order valence-electron chi connectivity index (χ2n) is 4.65. The van der Waals surface area contributed by atoms with E-state index >= 15 is 0 Å². The molecule has 6 heteroatoms. The molecule has 1 rings (SSSR count). The Labute approximate surface area is 109 Å². The van der Waals surface area contributed by atoms with Gasteiger partial charge < -0.3 is 10.4 Å². The van der Waals surface area contributed by atoms with Gasteiger partial charge in [-0.15, -0.1) is 0 Å². The van der Waals surface area contributed by atoms with Crippen molar-refractivity contribution >= 4 is 11.9 Å². The summed E-state index contributed by atoms with van der Waals surface area (Å²) in [7, 11) is 0. The largest absolute Gasteiger partial charge is 0.480 e. The van der Waals surface area contributed by atoms with Crippen molar-refractivity contribution in [1.29, 1.82) is 0 Å². The lowest BCUT2D eigenvalue weighted by molar-refractivity contribution is -0.139. The third-order valence-electron chi connectivity index (χ3n) is 2.44. The van der Waals surface area contributed by atoms with Crippen molar-refractivity contribution in [3.05, 3.63) is 35.4 Å². The Morgan fingerprint density at radius 3 is 2.16 bits per heavy atom. The van der Waals surface area contributed by atoms with E-state index in [1.54, 1.807) is 0 Å². The van der Waals surface area contributed by atoms with Crippen molar-refractivity contribution in [1.82, 2.24) is 5.32 Å². The van der Waals surface area contributed by atoms with Crippen LogP contribution in [-0.4, -0.2) is 23.0 Å². The van der Waals surface area contributed by atoms with E-state index in [-0.39, 0.29) is 17.9 Å².